The van der Waals surface area contributed by atoms with Crippen LogP contribution in [0.5, 0.6) is 0 Å². The van der Waals surface area contributed by atoms with E-state index in [1.54, 1.807) is 31.2 Å². The van der Waals surface area contributed by atoms with Crippen LogP contribution in [0.4, 0.5) is 5.69 Å². The maximum atomic E-state index is 13.6. The molecule has 0 saturated carbocycles. The van der Waals surface area contributed by atoms with Gasteiger partial charge in [0, 0.05) is 15.8 Å². The molecule has 2 aromatic carbocycles. The number of rotatable bonds is 4. The predicted molar refractivity (Wildman–Crippen MR) is 126 cm³/mol. The first kappa shape index (κ1) is 21.9. The molecule has 5 rings (SSSR count). The number of imide groups is 1. The molecule has 10 heteroatoms. The van der Waals surface area contributed by atoms with Crippen LogP contribution in [0.2, 0.25) is 5.02 Å². The molecular formula is C23H17ClN2O5S2. The average molecular weight is 501 g/mol. The molecule has 0 bridgehead atoms. The highest BCUT2D eigenvalue weighted by molar-refractivity contribution is 8.00. The van der Waals surface area contributed by atoms with Crippen LogP contribution in [0.15, 0.2) is 58.4 Å². The SMILES string of the molecule is CCOC(=O)c1ccc(N2C(=O)C3Sc4[nH]c(=O)sc4C(c4ccc(Cl)cc4)C3C2=O)cc1. The maximum absolute atomic E-state index is 13.6. The molecule has 3 unspecified atom stereocenters. The number of benzene rings is 2. The number of hydrogen-bond donors (Lipinski definition) is 1. The van der Waals surface area contributed by atoms with Gasteiger partial charge in [-0.15, -0.1) is 0 Å². The summed E-state index contributed by atoms with van der Waals surface area (Å²) in [5, 5.41) is 0.493. The lowest BCUT2D eigenvalue weighted by Gasteiger charge is -2.29. The number of thiazole rings is 1. The maximum Gasteiger partial charge on any atom is 0.338 e. The number of nitrogens with zero attached hydrogens (tertiary/aromatic N) is 1. The smallest absolute Gasteiger partial charge is 0.338 e. The molecule has 0 spiro atoms. The van der Waals surface area contributed by atoms with Gasteiger partial charge < -0.3 is 9.72 Å². The van der Waals surface area contributed by atoms with Gasteiger partial charge in [-0.3, -0.25) is 14.4 Å². The van der Waals surface area contributed by atoms with Crippen LogP contribution in [-0.4, -0.2) is 34.6 Å². The number of carbonyl (C=O) groups excluding carboxylic acids is 3. The fourth-order valence-corrected chi connectivity index (χ4v) is 6.90. The normalized spacial score (nSPS) is 21.6. The van der Waals surface area contributed by atoms with E-state index in [-0.39, 0.29) is 23.3 Å². The Balaban J connectivity index is 1.54. The summed E-state index contributed by atoms with van der Waals surface area (Å²) in [5.41, 5.74) is 1.54. The molecule has 2 amide bonds. The van der Waals surface area contributed by atoms with Gasteiger partial charge in [0.2, 0.25) is 11.8 Å². The number of nitrogens with one attached hydrogen (secondary N) is 1. The molecule has 3 atom stereocenters. The van der Waals surface area contributed by atoms with E-state index in [1.165, 1.54) is 28.8 Å². The van der Waals surface area contributed by atoms with Crippen LogP contribution in [0.25, 0.3) is 0 Å². The van der Waals surface area contributed by atoms with E-state index in [9.17, 15) is 19.2 Å². The van der Waals surface area contributed by atoms with Gasteiger partial charge in [-0.25, -0.2) is 9.69 Å². The van der Waals surface area contributed by atoms with E-state index < -0.39 is 23.1 Å². The van der Waals surface area contributed by atoms with Crippen LogP contribution < -0.4 is 9.77 Å². The standard InChI is InChI=1S/C23H17ClN2O5S2/c1-2-31-22(29)12-5-9-14(10-6-12)26-20(27)16-15(11-3-7-13(24)8-4-11)17-19(25-23(30)33-17)32-18(16)21(26)28/h3-10,15-16,18H,2H2,1H3,(H,25,30). The van der Waals surface area contributed by atoms with Crippen LogP contribution in [0, 0.1) is 5.92 Å². The van der Waals surface area contributed by atoms with E-state index in [2.05, 4.69) is 4.98 Å². The summed E-state index contributed by atoms with van der Waals surface area (Å²) in [6.07, 6.45) is 0. The topological polar surface area (TPSA) is 96.5 Å². The number of carbonyl (C=O) groups is 3. The van der Waals surface area contributed by atoms with E-state index in [4.69, 9.17) is 16.3 Å². The quantitative estimate of drug-likeness (QED) is 0.428. The number of esters is 1. The van der Waals surface area contributed by atoms with Crippen LogP contribution in [-0.2, 0) is 14.3 Å². The summed E-state index contributed by atoms with van der Waals surface area (Å²) in [6, 6.07) is 13.3. The lowest BCUT2D eigenvalue weighted by molar-refractivity contribution is -0.122. The highest BCUT2D eigenvalue weighted by Crippen LogP contribution is 2.53. The van der Waals surface area contributed by atoms with Crippen molar-refractivity contribution >= 4 is 58.2 Å². The van der Waals surface area contributed by atoms with Crippen molar-refractivity contribution in [2.24, 2.45) is 5.92 Å². The fraction of sp³-hybridized carbons (Fsp3) is 0.217. The van der Waals surface area contributed by atoms with Crippen molar-refractivity contribution in [3.63, 3.8) is 0 Å². The second-order valence-electron chi connectivity index (χ2n) is 7.58. The highest BCUT2D eigenvalue weighted by Gasteiger charge is 2.56. The van der Waals surface area contributed by atoms with Crippen molar-refractivity contribution in [2.45, 2.75) is 23.1 Å². The fourth-order valence-electron chi connectivity index (χ4n) is 4.26. The number of amides is 2. The van der Waals surface area contributed by atoms with Gasteiger partial charge in [0.05, 0.1) is 28.8 Å². The molecule has 1 saturated heterocycles. The Hall–Kier alpha value is -2.88. The minimum absolute atomic E-state index is 0.224. The summed E-state index contributed by atoms with van der Waals surface area (Å²) < 4.78 is 4.99. The lowest BCUT2D eigenvalue weighted by Crippen LogP contribution is -2.32. The predicted octanol–water partition coefficient (Wildman–Crippen LogP) is 4.06. The lowest BCUT2D eigenvalue weighted by atomic mass is 9.83. The Morgan fingerprint density at radius 3 is 2.42 bits per heavy atom. The molecule has 2 aliphatic rings. The summed E-state index contributed by atoms with van der Waals surface area (Å²) in [7, 11) is 0. The van der Waals surface area contributed by atoms with Gasteiger partial charge >= 0.3 is 10.8 Å². The number of aromatic amines is 1. The first-order valence-electron chi connectivity index (χ1n) is 10.2. The summed E-state index contributed by atoms with van der Waals surface area (Å²) in [5.74, 6) is -2.29. The Kier molecular flexibility index (Phi) is 5.64. The van der Waals surface area contributed by atoms with Gasteiger partial charge in [-0.05, 0) is 48.9 Å². The first-order chi connectivity index (χ1) is 15.9. The number of fused-ring (bicyclic) bond motifs is 2. The Morgan fingerprint density at radius 1 is 1.06 bits per heavy atom. The number of anilines is 1. The highest BCUT2D eigenvalue weighted by atomic mass is 35.5. The zero-order valence-corrected chi connectivity index (χ0v) is 19.6. The monoisotopic (exact) mass is 500 g/mol. The number of hydrogen-bond acceptors (Lipinski definition) is 7. The average Bonchev–Trinajstić information content (AvgIpc) is 3.29. The Bertz CT molecular complexity index is 1320. The summed E-state index contributed by atoms with van der Waals surface area (Å²) >= 11 is 8.33. The molecular weight excluding hydrogens is 484 g/mol. The number of halogens is 1. The third-order valence-electron chi connectivity index (χ3n) is 5.69. The number of aromatic nitrogens is 1. The molecule has 1 fully saturated rings. The zero-order valence-electron chi connectivity index (χ0n) is 17.2. The van der Waals surface area contributed by atoms with Crippen molar-refractivity contribution < 1.29 is 19.1 Å². The number of thioether (sulfide) groups is 1. The molecule has 7 nitrogen and oxygen atoms in total. The Morgan fingerprint density at radius 2 is 1.76 bits per heavy atom. The van der Waals surface area contributed by atoms with E-state index in [1.807, 2.05) is 12.1 Å². The number of H-pyrrole nitrogens is 1. The second kappa shape index (κ2) is 8.48. The first-order valence-corrected chi connectivity index (χ1v) is 12.3. The minimum atomic E-state index is -0.680. The molecule has 3 heterocycles. The molecule has 2 aliphatic heterocycles. The van der Waals surface area contributed by atoms with Crippen molar-refractivity contribution in [3.05, 3.63) is 79.2 Å². The number of ether oxygens (including phenoxy) is 1. The van der Waals surface area contributed by atoms with Gasteiger partial charge in [-0.2, -0.15) is 0 Å². The molecule has 33 heavy (non-hydrogen) atoms. The summed E-state index contributed by atoms with van der Waals surface area (Å²) in [6.45, 7) is 1.97. The summed E-state index contributed by atoms with van der Waals surface area (Å²) in [4.78, 5) is 55.6. The molecule has 1 aromatic heterocycles. The zero-order chi connectivity index (χ0) is 23.3. The van der Waals surface area contributed by atoms with Gasteiger partial charge in [-0.1, -0.05) is 46.8 Å². The molecule has 3 aromatic rings. The van der Waals surface area contributed by atoms with Crippen LogP contribution >= 0.6 is 34.7 Å². The van der Waals surface area contributed by atoms with E-state index >= 15 is 0 Å². The molecule has 0 aliphatic carbocycles. The van der Waals surface area contributed by atoms with Crippen molar-refractivity contribution in [1.82, 2.24) is 4.98 Å². The third kappa shape index (κ3) is 3.70. The van der Waals surface area contributed by atoms with Gasteiger partial charge in [0.1, 0.15) is 5.25 Å². The third-order valence-corrected chi connectivity index (χ3v) is 8.34. The molecule has 1 N–H and O–H groups in total. The van der Waals surface area contributed by atoms with Gasteiger partial charge in [0.25, 0.3) is 0 Å². The molecule has 168 valence electrons. The van der Waals surface area contributed by atoms with Crippen molar-refractivity contribution in [3.8, 4) is 0 Å². The largest absolute Gasteiger partial charge is 0.462 e. The van der Waals surface area contributed by atoms with Crippen molar-refractivity contribution in [2.75, 3.05) is 11.5 Å². The van der Waals surface area contributed by atoms with Crippen molar-refractivity contribution in [1.29, 1.82) is 0 Å². The molecule has 0 radical (unpaired) electrons. The second-order valence-corrected chi connectivity index (χ2v) is 10.2. The Labute approximate surface area is 201 Å². The van der Waals surface area contributed by atoms with Crippen LogP contribution in [0.3, 0.4) is 0 Å². The minimum Gasteiger partial charge on any atom is -0.462 e. The van der Waals surface area contributed by atoms with E-state index in [0.717, 1.165) is 21.8 Å². The van der Waals surface area contributed by atoms with Crippen LogP contribution in [0.1, 0.15) is 33.6 Å². The van der Waals surface area contributed by atoms with Gasteiger partial charge in [0.15, 0.2) is 0 Å². The van der Waals surface area contributed by atoms with E-state index in [0.29, 0.717) is 21.3 Å².